The molecule has 0 aromatic heterocycles. The highest BCUT2D eigenvalue weighted by Crippen LogP contribution is 2.29. The second-order valence-corrected chi connectivity index (χ2v) is 5.80. The van der Waals surface area contributed by atoms with Gasteiger partial charge in [-0.15, -0.1) is 0 Å². The average Bonchev–Trinajstić information content (AvgIpc) is 2.27. The first-order chi connectivity index (χ1) is 8.79. The van der Waals surface area contributed by atoms with Crippen LogP contribution in [0.3, 0.4) is 0 Å². The van der Waals surface area contributed by atoms with E-state index in [1.807, 2.05) is 12.1 Å². The van der Waals surface area contributed by atoms with E-state index in [4.69, 9.17) is 22.1 Å². The van der Waals surface area contributed by atoms with Crippen molar-refractivity contribution in [1.82, 2.24) is 5.32 Å². The number of primary amides is 1. The first-order valence-corrected chi connectivity index (χ1v) is 6.61. The number of nitrogens with one attached hydrogen (secondary N) is 1. The van der Waals surface area contributed by atoms with Crippen molar-refractivity contribution in [2.75, 3.05) is 6.61 Å². The fourth-order valence-electron chi connectivity index (χ4n) is 1.47. The zero-order chi connectivity index (χ0) is 14.5. The van der Waals surface area contributed by atoms with Gasteiger partial charge in [-0.25, -0.2) is 0 Å². The Hall–Kier alpha value is -1.26. The molecule has 0 aliphatic heterocycles. The lowest BCUT2D eigenvalue weighted by Crippen LogP contribution is -2.35. The van der Waals surface area contributed by atoms with Crippen molar-refractivity contribution in [2.24, 2.45) is 5.73 Å². The maximum absolute atomic E-state index is 10.7. The molecular formula is C14H21ClN2O2. The predicted octanol–water partition coefficient (Wildman–Crippen LogP) is 2.48. The maximum Gasteiger partial charge on any atom is 0.220 e. The number of hydrogen-bond acceptors (Lipinski definition) is 3. The molecule has 0 saturated heterocycles. The Kier molecular flexibility index (Phi) is 5.63. The molecule has 5 heteroatoms. The number of hydrogen-bond donors (Lipinski definition) is 2. The summed E-state index contributed by atoms with van der Waals surface area (Å²) >= 11 is 6.13. The van der Waals surface area contributed by atoms with Crippen molar-refractivity contribution in [1.29, 1.82) is 0 Å². The highest BCUT2D eigenvalue weighted by atomic mass is 35.5. The number of amides is 1. The van der Waals surface area contributed by atoms with Crippen molar-refractivity contribution in [3.8, 4) is 5.75 Å². The van der Waals surface area contributed by atoms with Gasteiger partial charge in [0.2, 0.25) is 5.91 Å². The number of ether oxygens (including phenoxy) is 1. The van der Waals surface area contributed by atoms with Crippen molar-refractivity contribution in [3.05, 3.63) is 28.8 Å². The number of nitrogens with two attached hydrogens (primary N) is 1. The topological polar surface area (TPSA) is 64.3 Å². The molecule has 0 aliphatic rings. The van der Waals surface area contributed by atoms with Gasteiger partial charge in [0.1, 0.15) is 5.75 Å². The number of carbonyl (C=O) groups is 1. The maximum atomic E-state index is 10.7. The number of rotatable bonds is 6. The highest BCUT2D eigenvalue weighted by Gasteiger charge is 2.13. The van der Waals surface area contributed by atoms with Crippen LogP contribution >= 0.6 is 11.6 Å². The molecule has 0 atom stereocenters. The molecule has 0 aliphatic carbocycles. The second kappa shape index (κ2) is 6.78. The van der Waals surface area contributed by atoms with Gasteiger partial charge in [-0.3, -0.25) is 4.79 Å². The van der Waals surface area contributed by atoms with Gasteiger partial charge in [-0.2, -0.15) is 0 Å². The fraction of sp³-hybridized carbons (Fsp3) is 0.500. The third-order valence-electron chi connectivity index (χ3n) is 2.45. The van der Waals surface area contributed by atoms with Gasteiger partial charge in [-0.05, 0) is 26.8 Å². The first kappa shape index (κ1) is 15.8. The van der Waals surface area contributed by atoms with Crippen LogP contribution in [0.25, 0.3) is 0 Å². The number of halogens is 1. The lowest BCUT2D eigenvalue weighted by Gasteiger charge is -2.22. The third-order valence-corrected chi connectivity index (χ3v) is 2.75. The zero-order valence-corrected chi connectivity index (χ0v) is 12.4. The Labute approximate surface area is 119 Å². The van der Waals surface area contributed by atoms with Crippen LogP contribution in [0.1, 0.15) is 32.8 Å². The fourth-order valence-corrected chi connectivity index (χ4v) is 1.72. The Morgan fingerprint density at radius 1 is 1.42 bits per heavy atom. The van der Waals surface area contributed by atoms with E-state index in [1.54, 1.807) is 6.07 Å². The van der Waals surface area contributed by atoms with Crippen LogP contribution in [0, 0.1) is 0 Å². The van der Waals surface area contributed by atoms with Gasteiger partial charge in [-0.1, -0.05) is 23.7 Å². The average molecular weight is 285 g/mol. The molecule has 4 nitrogen and oxygen atoms in total. The van der Waals surface area contributed by atoms with Crippen molar-refractivity contribution in [3.63, 3.8) is 0 Å². The molecule has 3 N–H and O–H groups in total. The molecule has 0 radical (unpaired) electrons. The van der Waals surface area contributed by atoms with E-state index in [9.17, 15) is 4.79 Å². The summed E-state index contributed by atoms with van der Waals surface area (Å²) in [6.45, 7) is 7.15. The largest absolute Gasteiger partial charge is 0.491 e. The Morgan fingerprint density at radius 3 is 2.68 bits per heavy atom. The molecule has 19 heavy (non-hydrogen) atoms. The highest BCUT2D eigenvalue weighted by molar-refractivity contribution is 6.32. The molecule has 1 aromatic rings. The Balaban J connectivity index is 2.74. The SMILES string of the molecule is CC(C)(C)NCc1cccc(Cl)c1OCCC(N)=O. The molecule has 0 heterocycles. The summed E-state index contributed by atoms with van der Waals surface area (Å²) in [7, 11) is 0. The van der Waals surface area contributed by atoms with E-state index in [0.29, 0.717) is 17.3 Å². The van der Waals surface area contributed by atoms with Crippen LogP contribution in [0.2, 0.25) is 5.02 Å². The monoisotopic (exact) mass is 284 g/mol. The molecule has 0 bridgehead atoms. The minimum absolute atomic E-state index is 0.00676. The number of carbonyl (C=O) groups excluding carboxylic acids is 1. The van der Waals surface area contributed by atoms with E-state index < -0.39 is 0 Å². The molecule has 0 fully saturated rings. The molecule has 0 unspecified atom stereocenters. The van der Waals surface area contributed by atoms with Crippen molar-refractivity contribution < 1.29 is 9.53 Å². The molecule has 106 valence electrons. The van der Waals surface area contributed by atoms with Crippen LogP contribution in [-0.2, 0) is 11.3 Å². The molecule has 1 rings (SSSR count). The van der Waals surface area contributed by atoms with Crippen LogP contribution in [0.4, 0.5) is 0 Å². The van der Waals surface area contributed by atoms with Gasteiger partial charge in [0.15, 0.2) is 0 Å². The summed E-state index contributed by atoms with van der Waals surface area (Å²) in [6.07, 6.45) is 0.178. The van der Waals surface area contributed by atoms with E-state index in [2.05, 4.69) is 26.1 Å². The molecule has 1 amide bonds. The van der Waals surface area contributed by atoms with Crippen molar-refractivity contribution in [2.45, 2.75) is 39.3 Å². The third kappa shape index (κ3) is 5.94. The van der Waals surface area contributed by atoms with E-state index in [0.717, 1.165) is 5.56 Å². The zero-order valence-electron chi connectivity index (χ0n) is 11.6. The summed E-state index contributed by atoms with van der Waals surface area (Å²) in [6, 6.07) is 5.59. The standard InChI is InChI=1S/C14H21ClN2O2/c1-14(2,3)17-9-10-5-4-6-11(15)13(10)19-8-7-12(16)18/h4-6,17H,7-9H2,1-3H3,(H2,16,18). The quantitative estimate of drug-likeness (QED) is 0.843. The Morgan fingerprint density at radius 2 is 2.11 bits per heavy atom. The minimum Gasteiger partial charge on any atom is -0.491 e. The Bertz CT molecular complexity index is 442. The first-order valence-electron chi connectivity index (χ1n) is 6.23. The number of benzene rings is 1. The summed E-state index contributed by atoms with van der Waals surface area (Å²) in [5, 5.41) is 3.91. The van der Waals surface area contributed by atoms with E-state index in [-0.39, 0.29) is 24.5 Å². The number of para-hydroxylation sites is 1. The van der Waals surface area contributed by atoms with Crippen molar-refractivity contribution >= 4 is 17.5 Å². The minimum atomic E-state index is -0.388. The van der Waals surface area contributed by atoms with E-state index >= 15 is 0 Å². The van der Waals surface area contributed by atoms with Gasteiger partial charge in [0.05, 0.1) is 18.1 Å². The van der Waals surface area contributed by atoms with Crippen LogP contribution < -0.4 is 15.8 Å². The van der Waals surface area contributed by atoms with Gasteiger partial charge >= 0.3 is 0 Å². The smallest absolute Gasteiger partial charge is 0.220 e. The molecule has 0 saturated carbocycles. The molecule has 1 aromatic carbocycles. The van der Waals surface area contributed by atoms with E-state index in [1.165, 1.54) is 0 Å². The molecule has 0 spiro atoms. The summed E-state index contributed by atoms with van der Waals surface area (Å²) in [5.41, 5.74) is 6.06. The summed E-state index contributed by atoms with van der Waals surface area (Å²) in [5.74, 6) is 0.226. The lowest BCUT2D eigenvalue weighted by molar-refractivity contribution is -0.118. The van der Waals surface area contributed by atoms with Gasteiger partial charge in [0, 0.05) is 17.6 Å². The molecular weight excluding hydrogens is 264 g/mol. The van der Waals surface area contributed by atoms with Gasteiger partial charge in [0.25, 0.3) is 0 Å². The van der Waals surface area contributed by atoms with Gasteiger partial charge < -0.3 is 15.8 Å². The summed E-state index contributed by atoms with van der Waals surface area (Å²) < 4.78 is 5.57. The lowest BCUT2D eigenvalue weighted by atomic mass is 10.1. The van der Waals surface area contributed by atoms with Crippen LogP contribution in [0.15, 0.2) is 18.2 Å². The van der Waals surface area contributed by atoms with Crippen LogP contribution in [-0.4, -0.2) is 18.1 Å². The summed E-state index contributed by atoms with van der Waals surface area (Å²) in [4.78, 5) is 10.7. The van der Waals surface area contributed by atoms with Crippen LogP contribution in [0.5, 0.6) is 5.75 Å². The predicted molar refractivity (Wildman–Crippen MR) is 77.4 cm³/mol. The second-order valence-electron chi connectivity index (χ2n) is 5.40. The normalized spacial score (nSPS) is 11.4.